The van der Waals surface area contributed by atoms with Gasteiger partial charge >= 0.3 is 5.97 Å². The fourth-order valence-corrected chi connectivity index (χ4v) is 5.83. The van der Waals surface area contributed by atoms with Crippen molar-refractivity contribution in [2.45, 2.75) is 77.0 Å². The number of esters is 1. The fraction of sp³-hybridized carbons (Fsp3) is 0.643. The average Bonchev–Trinajstić information content (AvgIpc) is 2.84. The summed E-state index contributed by atoms with van der Waals surface area (Å²) in [7, 11) is 0. The van der Waals surface area contributed by atoms with Crippen molar-refractivity contribution >= 4 is 28.9 Å². The summed E-state index contributed by atoms with van der Waals surface area (Å²) in [4.78, 5) is 21.2. The number of hydrogen-bond donors (Lipinski definition) is 1. The first-order valence-electron chi connectivity index (χ1n) is 13.3. The van der Waals surface area contributed by atoms with Gasteiger partial charge < -0.3 is 15.4 Å². The normalized spacial score (nSPS) is 21.9. The van der Waals surface area contributed by atoms with Crippen molar-refractivity contribution in [2.75, 3.05) is 44.2 Å². The molecule has 0 spiro atoms. The number of likely N-dealkylation sites (tertiary alicyclic amines) is 1. The molecule has 1 aromatic rings. The maximum absolute atomic E-state index is 13.2. The highest BCUT2D eigenvalue weighted by Crippen LogP contribution is 2.29. The average molecular weight is 499 g/mol. The molecule has 2 saturated heterocycles. The van der Waals surface area contributed by atoms with Crippen molar-refractivity contribution in [2.24, 2.45) is 5.73 Å². The van der Waals surface area contributed by atoms with Gasteiger partial charge in [0.25, 0.3) is 0 Å². The van der Waals surface area contributed by atoms with Gasteiger partial charge in [-0.1, -0.05) is 18.3 Å². The number of piperazine rings is 1. The molecule has 6 nitrogen and oxygen atoms in total. The van der Waals surface area contributed by atoms with Crippen LogP contribution in [0.1, 0.15) is 64.9 Å². The molecule has 0 radical (unpaired) electrons. The van der Waals surface area contributed by atoms with Gasteiger partial charge in [0.2, 0.25) is 0 Å². The fourth-order valence-electron chi connectivity index (χ4n) is 5.69. The highest BCUT2D eigenvalue weighted by atomic mass is 32.1. The zero-order chi connectivity index (χ0) is 25.0. The van der Waals surface area contributed by atoms with Crippen LogP contribution < -0.4 is 10.6 Å². The lowest BCUT2D eigenvalue weighted by atomic mass is 9.91. The van der Waals surface area contributed by atoms with Gasteiger partial charge in [-0.05, 0) is 89.1 Å². The lowest BCUT2D eigenvalue weighted by Crippen LogP contribution is -2.55. The number of nitrogens with two attached hydrogens (primary N) is 1. The minimum absolute atomic E-state index is 0.0702. The number of thiocarbonyl (C=S) groups is 1. The van der Waals surface area contributed by atoms with E-state index in [0.717, 1.165) is 70.5 Å². The maximum atomic E-state index is 13.2. The first-order valence-corrected chi connectivity index (χ1v) is 13.7. The number of nitrogens with zero attached hydrogens (tertiary/aromatic N) is 3. The molecule has 35 heavy (non-hydrogen) atoms. The highest BCUT2D eigenvalue weighted by molar-refractivity contribution is 7.80. The number of carbonyl (C=O) groups is 1. The van der Waals surface area contributed by atoms with Crippen molar-refractivity contribution in [1.29, 1.82) is 0 Å². The Bertz CT molecular complexity index is 908. The molecule has 2 heterocycles. The lowest BCUT2D eigenvalue weighted by Gasteiger charge is -2.45. The third-order valence-corrected chi connectivity index (χ3v) is 7.75. The van der Waals surface area contributed by atoms with E-state index in [1.807, 2.05) is 32.9 Å². The van der Waals surface area contributed by atoms with Gasteiger partial charge in [-0.2, -0.15) is 0 Å². The zero-order valence-electron chi connectivity index (χ0n) is 21.7. The SMILES string of the molecule is CC(C)(C)OC(=O)C(C1=CCCCC1)N1CCC(N2CCN(c3ccc(C(N)=S)cc3)CC2)CC1. The van der Waals surface area contributed by atoms with Crippen LogP contribution in [0.4, 0.5) is 5.69 Å². The van der Waals surface area contributed by atoms with Gasteiger partial charge in [-0.3, -0.25) is 9.80 Å². The van der Waals surface area contributed by atoms with Crippen molar-refractivity contribution < 1.29 is 9.53 Å². The smallest absolute Gasteiger partial charge is 0.328 e. The molecular formula is C28H42N4O2S. The molecule has 1 aromatic carbocycles. The van der Waals surface area contributed by atoms with Crippen LogP contribution in [0.25, 0.3) is 0 Å². The number of piperidine rings is 1. The van der Waals surface area contributed by atoms with Crippen LogP contribution in [-0.2, 0) is 9.53 Å². The number of benzene rings is 1. The molecule has 2 fully saturated rings. The third kappa shape index (κ3) is 6.83. The predicted molar refractivity (Wildman–Crippen MR) is 147 cm³/mol. The Morgan fingerprint density at radius 3 is 2.23 bits per heavy atom. The second-order valence-electron chi connectivity index (χ2n) is 11.2. The molecule has 0 saturated carbocycles. The number of rotatable bonds is 6. The van der Waals surface area contributed by atoms with Crippen LogP contribution in [-0.4, -0.2) is 77.7 Å². The van der Waals surface area contributed by atoms with E-state index >= 15 is 0 Å². The summed E-state index contributed by atoms with van der Waals surface area (Å²) in [5.41, 5.74) is 8.71. The molecule has 1 aliphatic carbocycles. The van der Waals surface area contributed by atoms with Crippen LogP contribution in [0.5, 0.6) is 0 Å². The molecule has 7 heteroatoms. The van der Waals surface area contributed by atoms with Crippen LogP contribution in [0.3, 0.4) is 0 Å². The summed E-state index contributed by atoms with van der Waals surface area (Å²) in [6.07, 6.45) is 9.01. The van der Waals surface area contributed by atoms with Gasteiger partial charge in [-0.25, -0.2) is 4.79 Å². The standard InChI is InChI=1S/C28H42N4O2S/c1-28(2,3)34-27(33)25(21-7-5-4-6-8-21)32-15-13-24(14-16-32)31-19-17-30(18-20-31)23-11-9-22(10-12-23)26(29)35/h7,9-12,24-25H,4-6,8,13-20H2,1-3H3,(H2,29,35). The Morgan fingerprint density at radius 1 is 1.03 bits per heavy atom. The Kier molecular flexibility index (Phi) is 8.50. The van der Waals surface area contributed by atoms with Crippen LogP contribution in [0.2, 0.25) is 0 Å². The second kappa shape index (κ2) is 11.4. The summed E-state index contributed by atoms with van der Waals surface area (Å²) < 4.78 is 5.87. The molecule has 1 unspecified atom stereocenters. The van der Waals surface area contributed by atoms with E-state index in [2.05, 4.69) is 32.9 Å². The number of hydrogen-bond acceptors (Lipinski definition) is 6. The molecular weight excluding hydrogens is 456 g/mol. The molecule has 4 rings (SSSR count). The molecule has 3 aliphatic rings. The number of anilines is 1. The molecule has 192 valence electrons. The Hall–Kier alpha value is -1.96. The Balaban J connectivity index is 1.32. The summed E-state index contributed by atoms with van der Waals surface area (Å²) in [5, 5.41) is 0. The van der Waals surface area contributed by atoms with Gasteiger partial charge in [0.15, 0.2) is 0 Å². The summed E-state index contributed by atoms with van der Waals surface area (Å²) in [6, 6.07) is 8.66. The quantitative estimate of drug-likeness (QED) is 0.360. The largest absolute Gasteiger partial charge is 0.459 e. The molecule has 2 N–H and O–H groups in total. The van der Waals surface area contributed by atoms with E-state index in [9.17, 15) is 4.79 Å². The van der Waals surface area contributed by atoms with E-state index in [1.165, 1.54) is 24.1 Å². The van der Waals surface area contributed by atoms with E-state index in [-0.39, 0.29) is 12.0 Å². The van der Waals surface area contributed by atoms with Gasteiger partial charge in [0.05, 0.1) is 0 Å². The topological polar surface area (TPSA) is 62.0 Å². The van der Waals surface area contributed by atoms with E-state index in [4.69, 9.17) is 22.7 Å². The first kappa shape index (κ1) is 26.1. The Morgan fingerprint density at radius 2 is 1.69 bits per heavy atom. The third-order valence-electron chi connectivity index (χ3n) is 7.52. The van der Waals surface area contributed by atoms with Crippen molar-refractivity contribution in [1.82, 2.24) is 9.80 Å². The summed E-state index contributed by atoms with van der Waals surface area (Å²) >= 11 is 5.07. The monoisotopic (exact) mass is 498 g/mol. The van der Waals surface area contributed by atoms with Crippen molar-refractivity contribution in [3.05, 3.63) is 41.5 Å². The van der Waals surface area contributed by atoms with Crippen molar-refractivity contribution in [3.63, 3.8) is 0 Å². The molecule has 1 atom stereocenters. The second-order valence-corrected chi connectivity index (χ2v) is 11.6. The van der Waals surface area contributed by atoms with Crippen LogP contribution in [0, 0.1) is 0 Å². The van der Waals surface area contributed by atoms with Crippen LogP contribution in [0.15, 0.2) is 35.9 Å². The van der Waals surface area contributed by atoms with E-state index in [1.54, 1.807) is 0 Å². The number of ether oxygens (including phenoxy) is 1. The van der Waals surface area contributed by atoms with Crippen LogP contribution >= 0.6 is 12.2 Å². The summed E-state index contributed by atoms with van der Waals surface area (Å²) in [6.45, 7) is 12.0. The molecule has 0 bridgehead atoms. The molecule has 2 aliphatic heterocycles. The van der Waals surface area contributed by atoms with Gasteiger partial charge in [0, 0.05) is 56.6 Å². The summed E-state index contributed by atoms with van der Waals surface area (Å²) in [5.74, 6) is -0.0702. The molecule has 0 aromatic heterocycles. The highest BCUT2D eigenvalue weighted by Gasteiger charge is 2.37. The lowest BCUT2D eigenvalue weighted by molar-refractivity contribution is -0.160. The maximum Gasteiger partial charge on any atom is 0.328 e. The van der Waals surface area contributed by atoms with E-state index < -0.39 is 5.60 Å². The zero-order valence-corrected chi connectivity index (χ0v) is 22.5. The first-order chi connectivity index (χ1) is 16.7. The minimum Gasteiger partial charge on any atom is -0.459 e. The Labute approximate surface area is 216 Å². The van der Waals surface area contributed by atoms with E-state index in [0.29, 0.717) is 11.0 Å². The van der Waals surface area contributed by atoms with Crippen molar-refractivity contribution in [3.8, 4) is 0 Å². The number of allylic oxidation sites excluding steroid dienone is 1. The van der Waals surface area contributed by atoms with Gasteiger partial charge in [-0.15, -0.1) is 0 Å². The molecule has 0 amide bonds. The number of carbonyl (C=O) groups excluding carboxylic acids is 1. The minimum atomic E-state index is -0.459. The van der Waals surface area contributed by atoms with Gasteiger partial charge in [0.1, 0.15) is 16.6 Å². The predicted octanol–water partition coefficient (Wildman–Crippen LogP) is 4.12.